The van der Waals surface area contributed by atoms with Crippen molar-refractivity contribution < 1.29 is 4.74 Å². The monoisotopic (exact) mass is 356 g/mol. The van der Waals surface area contributed by atoms with Gasteiger partial charge in [-0.1, -0.05) is 17.7 Å². The summed E-state index contributed by atoms with van der Waals surface area (Å²) in [6.45, 7) is 3.81. The first-order valence-electron chi connectivity index (χ1n) is 5.97. The summed E-state index contributed by atoms with van der Waals surface area (Å²) in [5.41, 5.74) is 7.12. The molecule has 1 heterocycles. The van der Waals surface area contributed by atoms with Gasteiger partial charge in [-0.3, -0.25) is 0 Å². The minimum absolute atomic E-state index is 0.0158. The van der Waals surface area contributed by atoms with Gasteiger partial charge < -0.3 is 15.8 Å². The Morgan fingerprint density at radius 2 is 2.10 bits per heavy atom. The van der Waals surface area contributed by atoms with E-state index < -0.39 is 0 Å². The van der Waals surface area contributed by atoms with Gasteiger partial charge in [0.1, 0.15) is 12.0 Å². The van der Waals surface area contributed by atoms with E-state index in [2.05, 4.69) is 31.2 Å². The molecule has 0 aliphatic rings. The topological polar surface area (TPSA) is 73.1 Å². The number of hydrogen-bond acceptors (Lipinski definition) is 5. The smallest absolute Gasteiger partial charge is 0.242 e. The van der Waals surface area contributed by atoms with Crippen molar-refractivity contribution >= 4 is 44.7 Å². The van der Waals surface area contributed by atoms with Gasteiger partial charge in [0.05, 0.1) is 21.3 Å². The van der Waals surface area contributed by atoms with Crippen molar-refractivity contribution in [1.29, 1.82) is 0 Å². The Morgan fingerprint density at radius 1 is 1.35 bits per heavy atom. The molecule has 0 fully saturated rings. The third-order valence-corrected chi connectivity index (χ3v) is 3.80. The first-order chi connectivity index (χ1) is 9.49. The number of hydrogen-bond donors (Lipinski definition) is 2. The van der Waals surface area contributed by atoms with Crippen LogP contribution in [-0.2, 0) is 0 Å². The van der Waals surface area contributed by atoms with Crippen LogP contribution < -0.4 is 15.8 Å². The standard InChI is InChI=1S/C13H14BrClN4O/c1-7(2)20-13-11(16)12(17-6-18-13)19-9-5-3-4-8(15)10(9)14/h3-7H,16H2,1-2H3,(H,17,18,19). The Bertz CT molecular complexity index is 621. The number of halogens is 2. The Hall–Kier alpha value is -1.53. The minimum atomic E-state index is -0.0158. The van der Waals surface area contributed by atoms with Crippen molar-refractivity contribution in [3.8, 4) is 5.88 Å². The zero-order chi connectivity index (χ0) is 14.7. The van der Waals surface area contributed by atoms with Crippen LogP contribution in [0.5, 0.6) is 5.88 Å². The van der Waals surface area contributed by atoms with Crippen LogP contribution in [0.1, 0.15) is 13.8 Å². The van der Waals surface area contributed by atoms with E-state index in [1.165, 1.54) is 6.33 Å². The number of anilines is 3. The van der Waals surface area contributed by atoms with Gasteiger partial charge in [0.25, 0.3) is 0 Å². The van der Waals surface area contributed by atoms with Gasteiger partial charge in [0.15, 0.2) is 5.82 Å². The number of aromatic nitrogens is 2. The van der Waals surface area contributed by atoms with Crippen LogP contribution >= 0.6 is 27.5 Å². The molecular formula is C13H14BrClN4O. The van der Waals surface area contributed by atoms with Gasteiger partial charge >= 0.3 is 0 Å². The second kappa shape index (κ2) is 6.28. The molecule has 0 aliphatic heterocycles. The predicted octanol–water partition coefficient (Wildman–Crippen LogP) is 4.01. The third kappa shape index (κ3) is 3.32. The molecule has 0 saturated carbocycles. The van der Waals surface area contributed by atoms with Gasteiger partial charge in [-0.2, -0.15) is 4.98 Å². The fourth-order valence-electron chi connectivity index (χ4n) is 1.52. The first kappa shape index (κ1) is 14.9. The Morgan fingerprint density at radius 3 is 2.80 bits per heavy atom. The quantitative estimate of drug-likeness (QED) is 0.865. The van der Waals surface area contributed by atoms with E-state index in [9.17, 15) is 0 Å². The molecule has 2 aromatic rings. The van der Waals surface area contributed by atoms with E-state index in [0.717, 1.165) is 10.2 Å². The molecule has 0 unspecified atom stereocenters. The van der Waals surface area contributed by atoms with Crippen LogP contribution in [0.3, 0.4) is 0 Å². The second-order valence-corrected chi connectivity index (χ2v) is 5.53. The molecule has 5 nitrogen and oxygen atoms in total. The fourth-order valence-corrected chi connectivity index (χ4v) is 2.06. The average molecular weight is 358 g/mol. The van der Waals surface area contributed by atoms with Crippen molar-refractivity contribution in [1.82, 2.24) is 9.97 Å². The summed E-state index contributed by atoms with van der Waals surface area (Å²) in [7, 11) is 0. The molecule has 106 valence electrons. The lowest BCUT2D eigenvalue weighted by Gasteiger charge is -2.14. The van der Waals surface area contributed by atoms with Crippen LogP contribution in [0.4, 0.5) is 17.2 Å². The number of benzene rings is 1. The molecule has 0 bridgehead atoms. The fraction of sp³-hybridized carbons (Fsp3) is 0.231. The van der Waals surface area contributed by atoms with E-state index in [0.29, 0.717) is 22.4 Å². The highest BCUT2D eigenvalue weighted by Crippen LogP contribution is 2.34. The molecule has 7 heteroatoms. The van der Waals surface area contributed by atoms with Crippen LogP contribution in [-0.4, -0.2) is 16.1 Å². The van der Waals surface area contributed by atoms with Gasteiger partial charge in [-0.25, -0.2) is 4.98 Å². The van der Waals surface area contributed by atoms with Gasteiger partial charge in [0, 0.05) is 0 Å². The van der Waals surface area contributed by atoms with Crippen molar-refractivity contribution in [3.63, 3.8) is 0 Å². The number of nitrogens with two attached hydrogens (primary N) is 1. The SMILES string of the molecule is CC(C)Oc1ncnc(Nc2cccc(Cl)c2Br)c1N. The Labute approximate surface area is 130 Å². The van der Waals surface area contributed by atoms with E-state index in [1.54, 1.807) is 6.07 Å². The molecule has 1 aromatic carbocycles. The maximum Gasteiger partial charge on any atom is 0.242 e. The van der Waals surface area contributed by atoms with Crippen molar-refractivity contribution in [2.45, 2.75) is 20.0 Å². The van der Waals surface area contributed by atoms with Gasteiger partial charge in [0.2, 0.25) is 5.88 Å². The second-order valence-electron chi connectivity index (χ2n) is 4.33. The lowest BCUT2D eigenvalue weighted by Crippen LogP contribution is -2.11. The lowest BCUT2D eigenvalue weighted by atomic mass is 10.3. The van der Waals surface area contributed by atoms with Crippen LogP contribution in [0.2, 0.25) is 5.02 Å². The molecule has 20 heavy (non-hydrogen) atoms. The molecule has 3 N–H and O–H groups in total. The van der Waals surface area contributed by atoms with E-state index in [-0.39, 0.29) is 6.10 Å². The summed E-state index contributed by atoms with van der Waals surface area (Å²) >= 11 is 9.46. The molecular weight excluding hydrogens is 344 g/mol. The number of nitrogen functional groups attached to an aromatic ring is 1. The van der Waals surface area contributed by atoms with Crippen LogP contribution in [0.25, 0.3) is 0 Å². The number of rotatable bonds is 4. The zero-order valence-corrected chi connectivity index (χ0v) is 13.4. The minimum Gasteiger partial charge on any atom is -0.473 e. The highest BCUT2D eigenvalue weighted by molar-refractivity contribution is 9.10. The maximum atomic E-state index is 6.04. The Balaban J connectivity index is 2.32. The number of nitrogens with one attached hydrogen (secondary N) is 1. The normalized spacial score (nSPS) is 10.7. The summed E-state index contributed by atoms with van der Waals surface area (Å²) in [5, 5.41) is 3.71. The maximum absolute atomic E-state index is 6.04. The molecule has 0 saturated heterocycles. The summed E-state index contributed by atoms with van der Waals surface area (Å²) in [5.74, 6) is 0.828. The highest BCUT2D eigenvalue weighted by atomic mass is 79.9. The highest BCUT2D eigenvalue weighted by Gasteiger charge is 2.12. The molecule has 0 spiro atoms. The number of nitrogens with zero attached hydrogens (tertiary/aromatic N) is 2. The van der Waals surface area contributed by atoms with E-state index in [4.69, 9.17) is 22.1 Å². The van der Waals surface area contributed by atoms with Crippen molar-refractivity contribution in [2.24, 2.45) is 0 Å². The molecule has 0 amide bonds. The van der Waals surface area contributed by atoms with Gasteiger partial charge in [-0.15, -0.1) is 0 Å². The Kier molecular flexibility index (Phi) is 4.67. The first-order valence-corrected chi connectivity index (χ1v) is 7.14. The van der Waals surface area contributed by atoms with Crippen LogP contribution in [0.15, 0.2) is 29.0 Å². The molecule has 1 aromatic heterocycles. The third-order valence-electron chi connectivity index (χ3n) is 2.40. The largest absolute Gasteiger partial charge is 0.473 e. The van der Waals surface area contributed by atoms with Crippen molar-refractivity contribution in [2.75, 3.05) is 11.1 Å². The zero-order valence-electron chi connectivity index (χ0n) is 11.0. The average Bonchev–Trinajstić information content (AvgIpc) is 2.39. The van der Waals surface area contributed by atoms with Crippen molar-refractivity contribution in [3.05, 3.63) is 34.0 Å². The predicted molar refractivity (Wildman–Crippen MR) is 84.6 cm³/mol. The molecule has 0 atom stereocenters. The lowest BCUT2D eigenvalue weighted by molar-refractivity contribution is 0.234. The summed E-state index contributed by atoms with van der Waals surface area (Å²) < 4.78 is 6.27. The molecule has 0 aliphatic carbocycles. The number of ether oxygens (including phenoxy) is 1. The van der Waals surface area contributed by atoms with E-state index >= 15 is 0 Å². The summed E-state index contributed by atoms with van der Waals surface area (Å²) in [6.07, 6.45) is 1.38. The van der Waals surface area contributed by atoms with Crippen LogP contribution in [0, 0.1) is 0 Å². The molecule has 2 rings (SSSR count). The summed E-state index contributed by atoms with van der Waals surface area (Å²) in [4.78, 5) is 8.15. The van der Waals surface area contributed by atoms with E-state index in [1.807, 2.05) is 26.0 Å². The molecule has 0 radical (unpaired) electrons. The van der Waals surface area contributed by atoms with Gasteiger partial charge in [-0.05, 0) is 41.9 Å². The summed E-state index contributed by atoms with van der Waals surface area (Å²) in [6, 6.07) is 5.48.